The first-order valence-electron chi connectivity index (χ1n) is 9.05. The fourth-order valence-electron chi connectivity index (χ4n) is 3.88. The maximum Gasteiger partial charge on any atom is 0.222 e. The van der Waals surface area contributed by atoms with Gasteiger partial charge in [0.05, 0.1) is 24.4 Å². The van der Waals surface area contributed by atoms with Gasteiger partial charge in [0.2, 0.25) is 5.91 Å². The van der Waals surface area contributed by atoms with E-state index >= 15 is 0 Å². The van der Waals surface area contributed by atoms with Crippen molar-refractivity contribution in [3.63, 3.8) is 0 Å². The van der Waals surface area contributed by atoms with Crippen LogP contribution in [-0.2, 0) is 16.1 Å². The number of amides is 1. The molecule has 0 N–H and O–H groups in total. The molecule has 2 saturated heterocycles. The van der Waals surface area contributed by atoms with Gasteiger partial charge in [0, 0.05) is 25.3 Å². The molecule has 3 rings (SSSR count). The predicted octanol–water partition coefficient (Wildman–Crippen LogP) is 2.84. The van der Waals surface area contributed by atoms with Crippen molar-refractivity contribution in [2.24, 2.45) is 0 Å². The molecule has 0 saturated carbocycles. The average molecular weight is 319 g/mol. The monoisotopic (exact) mass is 319 g/mol. The van der Waals surface area contributed by atoms with Gasteiger partial charge in [-0.05, 0) is 58.4 Å². The molecular formula is C18H29N3O2. The Balaban J connectivity index is 1.58. The van der Waals surface area contributed by atoms with Crippen LogP contribution in [0.4, 0.5) is 0 Å². The summed E-state index contributed by atoms with van der Waals surface area (Å²) in [6, 6.07) is 2.39. The smallest absolute Gasteiger partial charge is 0.222 e. The molecule has 0 unspecified atom stereocenters. The number of carbonyl (C=O) groups is 1. The number of piperidine rings is 1. The Morgan fingerprint density at radius 3 is 2.87 bits per heavy atom. The van der Waals surface area contributed by atoms with E-state index < -0.39 is 0 Å². The number of aromatic nitrogens is 2. The molecule has 2 aliphatic rings. The summed E-state index contributed by atoms with van der Waals surface area (Å²) < 4.78 is 7.71. The number of rotatable bonds is 5. The van der Waals surface area contributed by atoms with Gasteiger partial charge in [-0.1, -0.05) is 0 Å². The molecule has 1 amide bonds. The number of ether oxygens (including phenoxy) is 1. The van der Waals surface area contributed by atoms with E-state index in [-0.39, 0.29) is 0 Å². The topological polar surface area (TPSA) is 47.4 Å². The second-order valence-electron chi connectivity index (χ2n) is 7.02. The first-order chi connectivity index (χ1) is 11.1. The van der Waals surface area contributed by atoms with Gasteiger partial charge in [-0.2, -0.15) is 5.10 Å². The molecule has 2 fully saturated rings. The van der Waals surface area contributed by atoms with Crippen LogP contribution in [0.1, 0.15) is 56.3 Å². The van der Waals surface area contributed by atoms with Crippen molar-refractivity contribution in [2.45, 2.75) is 77.5 Å². The van der Waals surface area contributed by atoms with E-state index in [2.05, 4.69) is 27.7 Å². The van der Waals surface area contributed by atoms with Crippen LogP contribution < -0.4 is 0 Å². The van der Waals surface area contributed by atoms with Crippen LogP contribution >= 0.6 is 0 Å². The van der Waals surface area contributed by atoms with Crippen LogP contribution in [0.2, 0.25) is 0 Å². The lowest BCUT2D eigenvalue weighted by atomic mass is 10.0. The Labute approximate surface area is 139 Å². The summed E-state index contributed by atoms with van der Waals surface area (Å²) in [5.74, 6) is 0.298. The highest BCUT2D eigenvalue weighted by Gasteiger charge is 2.28. The number of hydrogen-bond acceptors (Lipinski definition) is 3. The average Bonchev–Trinajstić information content (AvgIpc) is 3.15. The summed E-state index contributed by atoms with van der Waals surface area (Å²) >= 11 is 0. The fourth-order valence-corrected chi connectivity index (χ4v) is 3.88. The molecule has 1 aromatic rings. The van der Waals surface area contributed by atoms with Crippen LogP contribution in [0.3, 0.4) is 0 Å². The van der Waals surface area contributed by atoms with Gasteiger partial charge in [0.15, 0.2) is 0 Å². The zero-order valence-electron chi connectivity index (χ0n) is 14.5. The molecule has 0 spiro atoms. The highest BCUT2D eigenvalue weighted by Crippen LogP contribution is 2.22. The van der Waals surface area contributed by atoms with E-state index in [0.717, 1.165) is 57.5 Å². The van der Waals surface area contributed by atoms with Crippen LogP contribution in [0.25, 0.3) is 0 Å². The molecule has 0 aromatic carbocycles. The van der Waals surface area contributed by atoms with Gasteiger partial charge < -0.3 is 9.64 Å². The van der Waals surface area contributed by atoms with Crippen molar-refractivity contribution in [3.05, 3.63) is 17.5 Å². The van der Waals surface area contributed by atoms with Crippen molar-refractivity contribution in [3.8, 4) is 0 Å². The van der Waals surface area contributed by atoms with Crippen molar-refractivity contribution < 1.29 is 9.53 Å². The highest BCUT2D eigenvalue weighted by atomic mass is 16.5. The first-order valence-corrected chi connectivity index (χ1v) is 9.05. The summed E-state index contributed by atoms with van der Waals surface area (Å²) in [6.45, 7) is 6.70. The molecule has 0 radical (unpaired) electrons. The van der Waals surface area contributed by atoms with Crippen molar-refractivity contribution in [1.82, 2.24) is 14.7 Å². The summed E-state index contributed by atoms with van der Waals surface area (Å²) in [5.41, 5.74) is 2.23. The lowest BCUT2D eigenvalue weighted by Gasteiger charge is -2.36. The molecule has 5 nitrogen and oxygen atoms in total. The Kier molecular flexibility index (Phi) is 5.36. The molecular weight excluding hydrogens is 290 g/mol. The number of carbonyl (C=O) groups excluding carboxylic acids is 1. The Bertz CT molecular complexity index is 534. The van der Waals surface area contributed by atoms with Crippen LogP contribution in [0.5, 0.6) is 0 Å². The molecule has 5 heteroatoms. The number of likely N-dealkylation sites (tertiary alicyclic amines) is 1. The highest BCUT2D eigenvalue weighted by molar-refractivity contribution is 5.76. The number of aryl methyl sites for hydroxylation is 2. The number of nitrogens with zero attached hydrogens (tertiary/aromatic N) is 3. The van der Waals surface area contributed by atoms with Gasteiger partial charge in [0.25, 0.3) is 0 Å². The van der Waals surface area contributed by atoms with E-state index in [1.54, 1.807) is 0 Å². The van der Waals surface area contributed by atoms with E-state index in [4.69, 9.17) is 4.74 Å². The van der Waals surface area contributed by atoms with Crippen LogP contribution in [0.15, 0.2) is 6.07 Å². The summed E-state index contributed by atoms with van der Waals surface area (Å²) in [4.78, 5) is 14.8. The minimum absolute atomic E-state index is 0.291. The van der Waals surface area contributed by atoms with Gasteiger partial charge in [0.1, 0.15) is 0 Å². The molecule has 0 aliphatic carbocycles. The fraction of sp³-hybridized carbons (Fsp3) is 0.778. The molecule has 2 atom stereocenters. The van der Waals surface area contributed by atoms with Gasteiger partial charge in [-0.15, -0.1) is 0 Å². The third-order valence-corrected chi connectivity index (χ3v) is 5.14. The standard InChI is InChI=1S/C18H29N3O2/c1-14-12-15(2)21(19-14)13-16-6-3-4-10-20(16)18(22)9-8-17-7-5-11-23-17/h12,16-17H,3-11,13H2,1-2H3/t16-,17-/m1/s1. The second kappa shape index (κ2) is 7.47. The van der Waals surface area contributed by atoms with Crippen molar-refractivity contribution in [2.75, 3.05) is 13.2 Å². The maximum atomic E-state index is 12.7. The summed E-state index contributed by atoms with van der Waals surface area (Å²) in [7, 11) is 0. The third kappa shape index (κ3) is 4.14. The number of hydrogen-bond donors (Lipinski definition) is 0. The normalized spacial score (nSPS) is 25.0. The minimum atomic E-state index is 0.291. The molecule has 128 valence electrons. The van der Waals surface area contributed by atoms with E-state index in [9.17, 15) is 4.79 Å². The zero-order valence-corrected chi connectivity index (χ0v) is 14.5. The SMILES string of the molecule is Cc1cc(C)n(C[C@H]2CCCCN2C(=O)CC[C@H]2CCCO2)n1. The lowest BCUT2D eigenvalue weighted by molar-refractivity contribution is -0.135. The lowest BCUT2D eigenvalue weighted by Crippen LogP contribution is -2.46. The van der Waals surface area contributed by atoms with Crippen LogP contribution in [0, 0.1) is 13.8 Å². The molecule has 3 heterocycles. The molecule has 0 bridgehead atoms. The maximum absolute atomic E-state index is 12.7. The van der Waals surface area contributed by atoms with Gasteiger partial charge >= 0.3 is 0 Å². The first kappa shape index (κ1) is 16.5. The Morgan fingerprint density at radius 1 is 1.30 bits per heavy atom. The predicted molar refractivity (Wildman–Crippen MR) is 89.3 cm³/mol. The Morgan fingerprint density at radius 2 is 2.17 bits per heavy atom. The van der Waals surface area contributed by atoms with E-state index in [0.29, 0.717) is 24.5 Å². The molecule has 23 heavy (non-hydrogen) atoms. The Hall–Kier alpha value is -1.36. The van der Waals surface area contributed by atoms with Gasteiger partial charge in [-0.25, -0.2) is 0 Å². The minimum Gasteiger partial charge on any atom is -0.378 e. The zero-order chi connectivity index (χ0) is 16.2. The second-order valence-corrected chi connectivity index (χ2v) is 7.02. The van der Waals surface area contributed by atoms with E-state index in [1.165, 1.54) is 12.1 Å². The molecule has 1 aromatic heterocycles. The third-order valence-electron chi connectivity index (χ3n) is 5.14. The van der Waals surface area contributed by atoms with Crippen LogP contribution in [-0.4, -0.2) is 45.9 Å². The van der Waals surface area contributed by atoms with Crippen molar-refractivity contribution >= 4 is 5.91 Å². The van der Waals surface area contributed by atoms with E-state index in [1.807, 2.05) is 6.92 Å². The summed E-state index contributed by atoms with van der Waals surface area (Å²) in [5, 5.41) is 4.57. The van der Waals surface area contributed by atoms with Crippen molar-refractivity contribution in [1.29, 1.82) is 0 Å². The molecule has 2 aliphatic heterocycles. The quantitative estimate of drug-likeness (QED) is 0.838. The largest absolute Gasteiger partial charge is 0.378 e. The van der Waals surface area contributed by atoms with Gasteiger partial charge in [-0.3, -0.25) is 9.48 Å². The summed E-state index contributed by atoms with van der Waals surface area (Å²) in [6.07, 6.45) is 7.48.